The lowest BCUT2D eigenvalue weighted by molar-refractivity contribution is 0.284. The Labute approximate surface area is 95.4 Å². The highest BCUT2D eigenvalue weighted by Crippen LogP contribution is 2.26. The number of aromatic nitrogens is 1. The van der Waals surface area contributed by atoms with Gasteiger partial charge in [0, 0.05) is 35.4 Å². The Morgan fingerprint density at radius 3 is 2.73 bits per heavy atom. The first kappa shape index (κ1) is 11.0. The van der Waals surface area contributed by atoms with Crippen molar-refractivity contribution < 1.29 is 9.32 Å². The highest BCUT2D eigenvalue weighted by Gasteiger charge is 2.19. The van der Waals surface area contributed by atoms with Crippen molar-refractivity contribution in [3.05, 3.63) is 10.6 Å². The maximum absolute atomic E-state index is 11.2. The molecular formula is C9H14N2O2S2. The number of thiazole rings is 1. The molecule has 1 N–H and O–H groups in total. The van der Waals surface area contributed by atoms with E-state index in [2.05, 4.69) is 9.88 Å². The van der Waals surface area contributed by atoms with Crippen LogP contribution in [0.2, 0.25) is 0 Å². The average molecular weight is 246 g/mol. The van der Waals surface area contributed by atoms with Crippen molar-refractivity contribution in [3.8, 4) is 0 Å². The highest BCUT2D eigenvalue weighted by atomic mass is 32.2. The van der Waals surface area contributed by atoms with E-state index in [4.69, 9.17) is 5.11 Å². The lowest BCUT2D eigenvalue weighted by Crippen LogP contribution is -2.37. The molecule has 1 fully saturated rings. The number of aryl methyl sites for hydroxylation is 1. The summed E-state index contributed by atoms with van der Waals surface area (Å²) in [6.45, 7) is 3.59. The molecule has 2 heterocycles. The Hall–Kier alpha value is -0.460. The van der Waals surface area contributed by atoms with Crippen LogP contribution < -0.4 is 4.90 Å². The average Bonchev–Trinajstić information content (AvgIpc) is 2.61. The van der Waals surface area contributed by atoms with Crippen LogP contribution in [-0.4, -0.2) is 38.9 Å². The lowest BCUT2D eigenvalue weighted by Gasteiger charge is -2.25. The van der Waals surface area contributed by atoms with Crippen molar-refractivity contribution in [3.63, 3.8) is 0 Å². The van der Waals surface area contributed by atoms with Crippen molar-refractivity contribution in [2.45, 2.75) is 13.5 Å². The van der Waals surface area contributed by atoms with Crippen LogP contribution in [-0.2, 0) is 17.4 Å². The molecule has 0 saturated carbocycles. The molecule has 0 amide bonds. The molecule has 4 nitrogen and oxygen atoms in total. The van der Waals surface area contributed by atoms with Gasteiger partial charge in [-0.3, -0.25) is 4.21 Å². The van der Waals surface area contributed by atoms with E-state index in [0.717, 1.165) is 40.3 Å². The van der Waals surface area contributed by atoms with E-state index >= 15 is 0 Å². The van der Waals surface area contributed by atoms with Crippen molar-refractivity contribution in [2.24, 2.45) is 0 Å². The van der Waals surface area contributed by atoms with E-state index in [1.54, 1.807) is 0 Å². The predicted molar refractivity (Wildman–Crippen MR) is 62.9 cm³/mol. The first-order valence-electron chi connectivity index (χ1n) is 4.88. The number of anilines is 1. The third kappa shape index (κ3) is 2.38. The molecule has 0 atom stereocenters. The molecule has 1 aliphatic rings. The van der Waals surface area contributed by atoms with Crippen molar-refractivity contribution >= 4 is 27.3 Å². The molecule has 84 valence electrons. The van der Waals surface area contributed by atoms with Gasteiger partial charge in [-0.05, 0) is 6.92 Å². The Bertz CT molecular complexity index is 368. The molecule has 0 spiro atoms. The van der Waals surface area contributed by atoms with E-state index in [0.29, 0.717) is 0 Å². The van der Waals surface area contributed by atoms with Gasteiger partial charge in [0.1, 0.15) is 0 Å². The van der Waals surface area contributed by atoms with Crippen LogP contribution in [0.25, 0.3) is 0 Å². The zero-order chi connectivity index (χ0) is 10.8. The molecule has 6 heteroatoms. The van der Waals surface area contributed by atoms with Crippen molar-refractivity contribution in [1.29, 1.82) is 0 Å². The number of aliphatic hydroxyl groups excluding tert-OH is 1. The molecule has 2 rings (SSSR count). The Balaban J connectivity index is 2.12. The Morgan fingerprint density at radius 1 is 1.53 bits per heavy atom. The van der Waals surface area contributed by atoms with Crippen LogP contribution in [0.4, 0.5) is 5.13 Å². The summed E-state index contributed by atoms with van der Waals surface area (Å²) in [5.41, 5.74) is 0.907. The van der Waals surface area contributed by atoms with Gasteiger partial charge >= 0.3 is 0 Å². The maximum atomic E-state index is 11.2. The monoisotopic (exact) mass is 246 g/mol. The standard InChI is InChI=1S/C9H14N2O2S2/c1-7-8(6-12)14-9(10-7)11-2-4-15(13)5-3-11/h12H,2-6H2,1H3. The first-order valence-corrected chi connectivity index (χ1v) is 7.18. The fourth-order valence-corrected chi connectivity index (χ4v) is 3.55. The predicted octanol–water partition coefficient (Wildman–Crippen LogP) is 0.513. The summed E-state index contributed by atoms with van der Waals surface area (Å²) in [4.78, 5) is 7.49. The van der Waals surface area contributed by atoms with Gasteiger partial charge in [-0.25, -0.2) is 4.98 Å². The molecule has 1 aromatic heterocycles. The van der Waals surface area contributed by atoms with Crippen LogP contribution in [0.5, 0.6) is 0 Å². The first-order chi connectivity index (χ1) is 7.20. The van der Waals surface area contributed by atoms with Gasteiger partial charge in [-0.2, -0.15) is 0 Å². The molecule has 0 bridgehead atoms. The van der Waals surface area contributed by atoms with Crippen molar-refractivity contribution in [1.82, 2.24) is 4.98 Å². The summed E-state index contributed by atoms with van der Waals surface area (Å²) in [7, 11) is -0.649. The summed E-state index contributed by atoms with van der Waals surface area (Å²) in [5, 5.41) is 10.0. The van der Waals surface area contributed by atoms with Gasteiger partial charge in [-0.1, -0.05) is 11.3 Å². The third-order valence-corrected chi connectivity index (χ3v) is 4.95. The van der Waals surface area contributed by atoms with Crippen LogP contribution in [0.15, 0.2) is 0 Å². The molecular weight excluding hydrogens is 232 g/mol. The van der Waals surface area contributed by atoms with Gasteiger partial charge in [0.15, 0.2) is 5.13 Å². The summed E-state index contributed by atoms with van der Waals surface area (Å²) >= 11 is 1.53. The second-order valence-corrected chi connectivity index (χ2v) is 6.26. The molecule has 1 saturated heterocycles. The molecule has 0 unspecified atom stereocenters. The number of rotatable bonds is 2. The fraction of sp³-hybridized carbons (Fsp3) is 0.667. The SMILES string of the molecule is Cc1nc(N2CCS(=O)CC2)sc1CO. The molecule has 0 radical (unpaired) electrons. The van der Waals surface area contributed by atoms with Crippen molar-refractivity contribution in [2.75, 3.05) is 29.5 Å². The summed E-state index contributed by atoms with van der Waals surface area (Å²) in [5.74, 6) is 1.46. The van der Waals surface area contributed by atoms with Gasteiger partial charge in [0.25, 0.3) is 0 Å². The summed E-state index contributed by atoms with van der Waals surface area (Å²) in [6, 6.07) is 0. The van der Waals surface area contributed by atoms with Gasteiger partial charge < -0.3 is 10.0 Å². The molecule has 0 aromatic carbocycles. The van der Waals surface area contributed by atoms with Gasteiger partial charge in [0.05, 0.1) is 17.2 Å². The minimum Gasteiger partial charge on any atom is -0.391 e. The van der Waals surface area contributed by atoms with Crippen LogP contribution >= 0.6 is 11.3 Å². The van der Waals surface area contributed by atoms with E-state index < -0.39 is 10.8 Å². The summed E-state index contributed by atoms with van der Waals surface area (Å²) < 4.78 is 11.2. The van der Waals surface area contributed by atoms with E-state index in [1.165, 1.54) is 11.3 Å². The van der Waals surface area contributed by atoms with E-state index in [1.807, 2.05) is 6.92 Å². The fourth-order valence-electron chi connectivity index (χ4n) is 1.52. The minimum atomic E-state index is -0.649. The van der Waals surface area contributed by atoms with Gasteiger partial charge in [-0.15, -0.1) is 0 Å². The lowest BCUT2D eigenvalue weighted by atomic mass is 10.4. The van der Waals surface area contributed by atoms with E-state index in [9.17, 15) is 4.21 Å². The van der Waals surface area contributed by atoms with Crippen LogP contribution in [0, 0.1) is 6.92 Å². The normalized spacial score (nSPS) is 18.4. The second kappa shape index (κ2) is 4.59. The Morgan fingerprint density at radius 2 is 2.20 bits per heavy atom. The number of hydrogen-bond donors (Lipinski definition) is 1. The van der Waals surface area contributed by atoms with Gasteiger partial charge in [0.2, 0.25) is 0 Å². The molecule has 1 aromatic rings. The highest BCUT2D eigenvalue weighted by molar-refractivity contribution is 7.85. The zero-order valence-corrected chi connectivity index (χ0v) is 10.2. The van der Waals surface area contributed by atoms with Crippen LogP contribution in [0.3, 0.4) is 0 Å². The number of aliphatic hydroxyl groups is 1. The zero-order valence-electron chi connectivity index (χ0n) is 8.60. The topological polar surface area (TPSA) is 53.4 Å². The smallest absolute Gasteiger partial charge is 0.185 e. The second-order valence-electron chi connectivity index (χ2n) is 3.50. The van der Waals surface area contributed by atoms with Crippen LogP contribution in [0.1, 0.15) is 10.6 Å². The molecule has 0 aliphatic carbocycles. The maximum Gasteiger partial charge on any atom is 0.185 e. The quantitative estimate of drug-likeness (QED) is 0.826. The van der Waals surface area contributed by atoms with E-state index in [-0.39, 0.29) is 6.61 Å². The minimum absolute atomic E-state index is 0.0588. The number of hydrogen-bond acceptors (Lipinski definition) is 5. The Kier molecular flexibility index (Phi) is 3.38. The largest absolute Gasteiger partial charge is 0.391 e. The number of nitrogens with zero attached hydrogens (tertiary/aromatic N) is 2. The third-order valence-electron chi connectivity index (χ3n) is 2.47. The summed E-state index contributed by atoms with van der Waals surface area (Å²) in [6.07, 6.45) is 0. The molecule has 1 aliphatic heterocycles. The molecule has 15 heavy (non-hydrogen) atoms.